The van der Waals surface area contributed by atoms with E-state index in [9.17, 15) is 13.2 Å². The third kappa shape index (κ3) is 4.95. The van der Waals surface area contributed by atoms with Crippen molar-refractivity contribution in [2.24, 2.45) is 0 Å². The second-order valence-electron chi connectivity index (χ2n) is 8.24. The minimum atomic E-state index is -4.70. The van der Waals surface area contributed by atoms with Crippen molar-refractivity contribution in [2.45, 2.75) is 44.6 Å². The second kappa shape index (κ2) is 8.33. The van der Waals surface area contributed by atoms with Gasteiger partial charge in [-0.2, -0.15) is 4.98 Å². The lowest BCUT2D eigenvalue weighted by Crippen LogP contribution is -2.31. The van der Waals surface area contributed by atoms with Crippen LogP contribution in [0.5, 0.6) is 5.75 Å². The monoisotopic (exact) mass is 440 g/mol. The Balaban J connectivity index is 1.37. The van der Waals surface area contributed by atoms with Crippen LogP contribution in [0.1, 0.15) is 41.1 Å². The lowest BCUT2D eigenvalue weighted by molar-refractivity contribution is -0.274. The van der Waals surface area contributed by atoms with E-state index in [0.29, 0.717) is 25.0 Å². The van der Waals surface area contributed by atoms with Crippen molar-refractivity contribution in [3.63, 3.8) is 0 Å². The molecule has 8 heteroatoms. The smallest absolute Gasteiger partial charge is 0.406 e. The summed E-state index contributed by atoms with van der Waals surface area (Å²) in [7, 11) is 0. The first-order chi connectivity index (χ1) is 15.4. The Morgan fingerprint density at radius 1 is 1.00 bits per heavy atom. The molecule has 1 saturated carbocycles. The summed E-state index contributed by atoms with van der Waals surface area (Å²) in [5.41, 5.74) is 4.02. The van der Waals surface area contributed by atoms with Crippen molar-refractivity contribution in [3.05, 3.63) is 77.0 Å². The van der Waals surface area contributed by atoms with Gasteiger partial charge in [-0.15, -0.1) is 13.2 Å². The first-order valence-corrected chi connectivity index (χ1v) is 10.7. The van der Waals surface area contributed by atoms with Gasteiger partial charge in [-0.1, -0.05) is 36.4 Å². The normalized spacial score (nSPS) is 15.9. The highest BCUT2D eigenvalue weighted by Gasteiger charge is 2.32. The van der Waals surface area contributed by atoms with E-state index in [0.717, 1.165) is 54.0 Å². The van der Waals surface area contributed by atoms with Crippen LogP contribution < -0.4 is 15.0 Å². The van der Waals surface area contributed by atoms with Crippen LogP contribution in [-0.2, 0) is 19.5 Å². The number of rotatable bonds is 6. The third-order valence-corrected chi connectivity index (χ3v) is 5.77. The van der Waals surface area contributed by atoms with Crippen molar-refractivity contribution >= 4 is 11.8 Å². The van der Waals surface area contributed by atoms with E-state index in [2.05, 4.69) is 15.0 Å². The van der Waals surface area contributed by atoms with Crippen molar-refractivity contribution in [1.29, 1.82) is 0 Å². The van der Waals surface area contributed by atoms with Gasteiger partial charge in [-0.3, -0.25) is 0 Å². The maximum atomic E-state index is 12.6. The molecule has 0 atom stereocenters. The zero-order chi connectivity index (χ0) is 22.1. The average molecular weight is 440 g/mol. The van der Waals surface area contributed by atoms with Crippen molar-refractivity contribution in [2.75, 3.05) is 16.8 Å². The van der Waals surface area contributed by atoms with Crippen molar-refractivity contribution in [3.8, 4) is 5.75 Å². The van der Waals surface area contributed by atoms with E-state index < -0.39 is 6.36 Å². The molecule has 0 spiro atoms. The van der Waals surface area contributed by atoms with Crippen LogP contribution in [0.25, 0.3) is 0 Å². The Hall–Kier alpha value is -3.29. The van der Waals surface area contributed by atoms with Gasteiger partial charge in [-0.25, -0.2) is 4.98 Å². The molecule has 0 radical (unpaired) electrons. The van der Waals surface area contributed by atoms with Crippen LogP contribution in [0, 0.1) is 0 Å². The number of nitrogens with zero attached hydrogens (tertiary/aromatic N) is 3. The Bertz CT molecular complexity index is 1100. The predicted octanol–water partition coefficient (Wildman–Crippen LogP) is 5.43. The molecule has 1 aromatic heterocycles. The molecule has 1 aliphatic carbocycles. The van der Waals surface area contributed by atoms with Crippen LogP contribution in [0.15, 0.2) is 54.6 Å². The molecule has 1 aliphatic heterocycles. The van der Waals surface area contributed by atoms with Gasteiger partial charge < -0.3 is 15.0 Å². The van der Waals surface area contributed by atoms with Gasteiger partial charge >= 0.3 is 6.36 Å². The minimum absolute atomic E-state index is 0.190. The van der Waals surface area contributed by atoms with E-state index >= 15 is 0 Å². The number of alkyl halides is 3. The predicted molar refractivity (Wildman–Crippen MR) is 116 cm³/mol. The molecule has 0 saturated heterocycles. The number of hydrogen-bond acceptors (Lipinski definition) is 5. The molecule has 5 nitrogen and oxygen atoms in total. The number of nitrogens with one attached hydrogen (secondary N) is 1. The van der Waals surface area contributed by atoms with E-state index in [1.54, 1.807) is 6.07 Å². The molecule has 2 aliphatic rings. The van der Waals surface area contributed by atoms with E-state index in [1.807, 2.05) is 36.4 Å². The van der Waals surface area contributed by atoms with E-state index in [4.69, 9.17) is 9.97 Å². The summed E-state index contributed by atoms with van der Waals surface area (Å²) in [6.07, 6.45) is -1.73. The Morgan fingerprint density at radius 3 is 2.56 bits per heavy atom. The molecule has 2 aromatic carbocycles. The summed E-state index contributed by atoms with van der Waals surface area (Å²) in [6.45, 7) is 1.84. The van der Waals surface area contributed by atoms with Gasteiger partial charge in [0, 0.05) is 31.6 Å². The molecule has 0 bridgehead atoms. The number of fused-ring (bicyclic) bond motifs is 1. The van der Waals surface area contributed by atoms with Gasteiger partial charge in [0.05, 0.1) is 5.69 Å². The molecule has 5 rings (SSSR count). The number of halogens is 3. The van der Waals surface area contributed by atoms with Gasteiger partial charge in [0.25, 0.3) is 0 Å². The lowest BCUT2D eigenvalue weighted by atomic mass is 9.99. The average Bonchev–Trinajstić information content (AvgIpc) is 3.62. The first-order valence-electron chi connectivity index (χ1n) is 10.7. The first kappa shape index (κ1) is 20.6. The minimum Gasteiger partial charge on any atom is -0.406 e. The molecular weight excluding hydrogens is 417 g/mol. The molecule has 3 aromatic rings. The number of aromatic nitrogens is 2. The Labute approximate surface area is 184 Å². The zero-order valence-electron chi connectivity index (χ0n) is 17.4. The Kier molecular flexibility index (Phi) is 5.36. The fraction of sp³-hybridized carbons (Fsp3) is 0.333. The summed E-state index contributed by atoms with van der Waals surface area (Å²) in [5.74, 6) is 1.64. The maximum Gasteiger partial charge on any atom is 0.573 e. The Morgan fingerprint density at radius 2 is 1.81 bits per heavy atom. The third-order valence-electron chi connectivity index (χ3n) is 5.77. The number of hydrogen-bond donors (Lipinski definition) is 1. The molecular formula is C24H23F3N4O. The van der Waals surface area contributed by atoms with Gasteiger partial charge in [0.1, 0.15) is 11.6 Å². The molecule has 32 heavy (non-hydrogen) atoms. The van der Waals surface area contributed by atoms with E-state index in [1.165, 1.54) is 12.1 Å². The summed E-state index contributed by atoms with van der Waals surface area (Å²) in [5, 5.41) is 3.32. The van der Waals surface area contributed by atoms with E-state index in [-0.39, 0.29) is 5.75 Å². The summed E-state index contributed by atoms with van der Waals surface area (Å²) in [6, 6.07) is 16.6. The summed E-state index contributed by atoms with van der Waals surface area (Å²) < 4.78 is 42.0. The maximum absolute atomic E-state index is 12.6. The number of ether oxygens (including phenoxy) is 1. The van der Waals surface area contributed by atoms with Crippen LogP contribution in [-0.4, -0.2) is 22.9 Å². The van der Waals surface area contributed by atoms with Crippen molar-refractivity contribution in [1.82, 2.24) is 9.97 Å². The molecule has 1 N–H and O–H groups in total. The standard InChI is InChI=1S/C24H23F3N4O/c25-24(26,27)32-20-9-8-17-10-11-31(15-19(17)12-20)22-13-21(18-6-7-18)29-23(30-22)28-14-16-4-2-1-3-5-16/h1-5,8-9,12-13,18H,6-7,10-11,14-15H2,(H,28,29,30). The fourth-order valence-corrected chi connectivity index (χ4v) is 3.99. The highest BCUT2D eigenvalue weighted by atomic mass is 19.4. The van der Waals surface area contributed by atoms with Gasteiger partial charge in [0.2, 0.25) is 5.95 Å². The zero-order valence-corrected chi connectivity index (χ0v) is 17.4. The number of anilines is 2. The molecule has 0 unspecified atom stereocenters. The fourth-order valence-electron chi connectivity index (χ4n) is 3.99. The number of benzene rings is 2. The van der Waals surface area contributed by atoms with Crippen LogP contribution in [0.4, 0.5) is 24.9 Å². The van der Waals surface area contributed by atoms with Crippen LogP contribution >= 0.6 is 0 Å². The quantitative estimate of drug-likeness (QED) is 0.554. The molecule has 0 amide bonds. The highest BCUT2D eigenvalue weighted by molar-refractivity contribution is 5.50. The summed E-state index contributed by atoms with van der Waals surface area (Å²) in [4.78, 5) is 11.5. The molecule has 1 fully saturated rings. The van der Waals surface area contributed by atoms with Gasteiger partial charge in [-0.05, 0) is 48.1 Å². The van der Waals surface area contributed by atoms with Crippen LogP contribution in [0.3, 0.4) is 0 Å². The van der Waals surface area contributed by atoms with Gasteiger partial charge in [0.15, 0.2) is 0 Å². The lowest BCUT2D eigenvalue weighted by Gasteiger charge is -2.30. The van der Waals surface area contributed by atoms with Crippen molar-refractivity contribution < 1.29 is 17.9 Å². The second-order valence-corrected chi connectivity index (χ2v) is 8.24. The largest absolute Gasteiger partial charge is 0.573 e. The molecule has 166 valence electrons. The highest BCUT2D eigenvalue weighted by Crippen LogP contribution is 2.40. The summed E-state index contributed by atoms with van der Waals surface area (Å²) >= 11 is 0. The van der Waals surface area contributed by atoms with Crippen LogP contribution in [0.2, 0.25) is 0 Å². The SMILES string of the molecule is FC(F)(F)Oc1ccc2c(c1)CN(c1cc(C3CC3)nc(NCc3ccccc3)n1)CC2. The molecule has 2 heterocycles. The topological polar surface area (TPSA) is 50.3 Å².